The van der Waals surface area contributed by atoms with Crippen molar-refractivity contribution in [2.45, 2.75) is 32.7 Å². The maximum absolute atomic E-state index is 10.9. The summed E-state index contributed by atoms with van der Waals surface area (Å²) in [4.78, 5) is 10.9. The molecule has 0 aliphatic heterocycles. The van der Waals surface area contributed by atoms with Gasteiger partial charge < -0.3 is 10.1 Å². The first-order valence-electron chi connectivity index (χ1n) is 4.46. The molecular weight excluding hydrogens is 168 g/mol. The van der Waals surface area contributed by atoms with Crippen LogP contribution in [0.25, 0.3) is 0 Å². The molecule has 0 rings (SSSR count). The monoisotopic (exact) mass is 184 g/mol. The zero-order valence-electron chi connectivity index (χ0n) is 8.17. The number of hydrogen-bond donors (Lipinski definition) is 1. The number of rotatable bonds is 6. The summed E-state index contributed by atoms with van der Waals surface area (Å²) in [5, 5.41) is 11.4. The molecule has 1 unspecified atom stereocenters. The van der Waals surface area contributed by atoms with Gasteiger partial charge in [-0.2, -0.15) is 5.26 Å². The van der Waals surface area contributed by atoms with Gasteiger partial charge in [0, 0.05) is 12.6 Å². The Morgan fingerprint density at radius 3 is 2.92 bits per heavy atom. The van der Waals surface area contributed by atoms with E-state index in [0.717, 1.165) is 0 Å². The average Bonchev–Trinajstić information content (AvgIpc) is 2.05. The van der Waals surface area contributed by atoms with Crippen molar-refractivity contribution in [3.63, 3.8) is 0 Å². The molecule has 0 fully saturated rings. The summed E-state index contributed by atoms with van der Waals surface area (Å²) >= 11 is 0. The van der Waals surface area contributed by atoms with E-state index in [1.807, 2.05) is 6.92 Å². The SMILES string of the molecule is CCOC(=O)CCNC(C)CC#N. The Morgan fingerprint density at radius 2 is 2.38 bits per heavy atom. The van der Waals surface area contributed by atoms with E-state index in [9.17, 15) is 4.79 Å². The van der Waals surface area contributed by atoms with Crippen LogP contribution in [0.15, 0.2) is 0 Å². The van der Waals surface area contributed by atoms with E-state index in [4.69, 9.17) is 10.00 Å². The Labute approximate surface area is 78.9 Å². The van der Waals surface area contributed by atoms with E-state index in [1.165, 1.54) is 0 Å². The third-order valence-electron chi connectivity index (χ3n) is 1.52. The highest BCUT2D eigenvalue weighted by molar-refractivity contribution is 5.69. The Morgan fingerprint density at radius 1 is 1.69 bits per heavy atom. The van der Waals surface area contributed by atoms with Crippen LogP contribution < -0.4 is 5.32 Å². The van der Waals surface area contributed by atoms with Gasteiger partial charge in [0.25, 0.3) is 0 Å². The maximum Gasteiger partial charge on any atom is 0.307 e. The first kappa shape index (κ1) is 11.9. The second-order valence-corrected chi connectivity index (χ2v) is 2.77. The minimum absolute atomic E-state index is 0.138. The molecule has 0 heterocycles. The van der Waals surface area contributed by atoms with Crippen LogP contribution in [0, 0.1) is 11.3 Å². The number of carbonyl (C=O) groups is 1. The fourth-order valence-electron chi connectivity index (χ4n) is 0.863. The predicted octanol–water partition coefficient (Wildman–Crippen LogP) is 0.831. The fourth-order valence-corrected chi connectivity index (χ4v) is 0.863. The van der Waals surface area contributed by atoms with Gasteiger partial charge >= 0.3 is 5.97 Å². The Hall–Kier alpha value is -1.08. The van der Waals surface area contributed by atoms with Crippen molar-refractivity contribution in [3.8, 4) is 6.07 Å². The summed E-state index contributed by atoms with van der Waals surface area (Å²) in [5.41, 5.74) is 0. The number of nitriles is 1. The molecule has 0 aromatic carbocycles. The van der Waals surface area contributed by atoms with Gasteiger partial charge in [0.05, 0.1) is 25.5 Å². The summed E-state index contributed by atoms with van der Waals surface area (Å²) in [5.74, 6) is -0.195. The topological polar surface area (TPSA) is 62.1 Å². The number of carbonyl (C=O) groups excluding carboxylic acids is 1. The average molecular weight is 184 g/mol. The van der Waals surface area contributed by atoms with Gasteiger partial charge in [-0.15, -0.1) is 0 Å². The zero-order valence-corrected chi connectivity index (χ0v) is 8.17. The summed E-state index contributed by atoms with van der Waals surface area (Å²) in [6, 6.07) is 2.19. The van der Waals surface area contributed by atoms with E-state index >= 15 is 0 Å². The molecule has 1 atom stereocenters. The molecule has 0 aromatic rings. The lowest BCUT2D eigenvalue weighted by Gasteiger charge is -2.08. The Balaban J connectivity index is 3.34. The number of hydrogen-bond acceptors (Lipinski definition) is 4. The molecule has 0 amide bonds. The lowest BCUT2D eigenvalue weighted by molar-refractivity contribution is -0.142. The lowest BCUT2D eigenvalue weighted by atomic mass is 10.2. The molecule has 0 bridgehead atoms. The van der Waals surface area contributed by atoms with Crippen LogP contribution in [-0.2, 0) is 9.53 Å². The minimum atomic E-state index is -0.195. The molecule has 0 aliphatic rings. The van der Waals surface area contributed by atoms with Crippen molar-refractivity contribution in [2.24, 2.45) is 0 Å². The zero-order chi connectivity index (χ0) is 10.1. The number of esters is 1. The molecule has 0 spiro atoms. The highest BCUT2D eigenvalue weighted by Crippen LogP contribution is 1.89. The molecule has 13 heavy (non-hydrogen) atoms. The minimum Gasteiger partial charge on any atom is -0.466 e. The predicted molar refractivity (Wildman–Crippen MR) is 48.9 cm³/mol. The van der Waals surface area contributed by atoms with Crippen molar-refractivity contribution >= 4 is 5.97 Å². The van der Waals surface area contributed by atoms with Gasteiger partial charge in [-0.25, -0.2) is 0 Å². The lowest BCUT2D eigenvalue weighted by Crippen LogP contribution is -2.28. The highest BCUT2D eigenvalue weighted by atomic mass is 16.5. The summed E-state index contributed by atoms with van der Waals surface area (Å²) in [7, 11) is 0. The van der Waals surface area contributed by atoms with Crippen molar-refractivity contribution in [2.75, 3.05) is 13.2 Å². The Kier molecular flexibility index (Phi) is 6.93. The van der Waals surface area contributed by atoms with Crippen molar-refractivity contribution in [1.29, 1.82) is 5.26 Å². The highest BCUT2D eigenvalue weighted by Gasteiger charge is 2.03. The summed E-state index contributed by atoms with van der Waals surface area (Å²) in [6.45, 7) is 4.69. The molecule has 4 heteroatoms. The molecule has 0 radical (unpaired) electrons. The third-order valence-corrected chi connectivity index (χ3v) is 1.52. The Bertz CT molecular complexity index is 187. The molecule has 4 nitrogen and oxygen atoms in total. The largest absolute Gasteiger partial charge is 0.466 e. The number of ether oxygens (including phenoxy) is 1. The van der Waals surface area contributed by atoms with Gasteiger partial charge in [-0.1, -0.05) is 0 Å². The van der Waals surface area contributed by atoms with E-state index in [1.54, 1.807) is 6.92 Å². The van der Waals surface area contributed by atoms with E-state index in [2.05, 4.69) is 11.4 Å². The van der Waals surface area contributed by atoms with Crippen molar-refractivity contribution < 1.29 is 9.53 Å². The van der Waals surface area contributed by atoms with Gasteiger partial charge in [0.15, 0.2) is 0 Å². The summed E-state index contributed by atoms with van der Waals surface area (Å²) in [6.07, 6.45) is 0.826. The van der Waals surface area contributed by atoms with Crippen LogP contribution in [-0.4, -0.2) is 25.2 Å². The molecular formula is C9H16N2O2. The van der Waals surface area contributed by atoms with E-state index < -0.39 is 0 Å². The van der Waals surface area contributed by atoms with Crippen LogP contribution in [0.2, 0.25) is 0 Å². The summed E-state index contributed by atoms with van der Waals surface area (Å²) < 4.78 is 4.74. The van der Waals surface area contributed by atoms with Crippen LogP contribution in [0.5, 0.6) is 0 Å². The third kappa shape index (κ3) is 7.29. The molecule has 0 saturated heterocycles. The number of nitrogens with one attached hydrogen (secondary N) is 1. The van der Waals surface area contributed by atoms with Crippen LogP contribution in [0.4, 0.5) is 0 Å². The molecule has 0 aromatic heterocycles. The van der Waals surface area contributed by atoms with E-state index in [0.29, 0.717) is 26.0 Å². The number of nitrogens with zero attached hydrogens (tertiary/aromatic N) is 1. The normalized spacial score (nSPS) is 11.8. The molecule has 0 saturated carbocycles. The van der Waals surface area contributed by atoms with E-state index in [-0.39, 0.29) is 12.0 Å². The first-order chi connectivity index (χ1) is 6.20. The quantitative estimate of drug-likeness (QED) is 0.621. The van der Waals surface area contributed by atoms with Gasteiger partial charge in [0.2, 0.25) is 0 Å². The van der Waals surface area contributed by atoms with Crippen LogP contribution in [0.1, 0.15) is 26.7 Å². The van der Waals surface area contributed by atoms with Gasteiger partial charge in [-0.05, 0) is 13.8 Å². The molecule has 1 N–H and O–H groups in total. The molecule has 0 aliphatic carbocycles. The first-order valence-corrected chi connectivity index (χ1v) is 4.46. The van der Waals surface area contributed by atoms with Crippen LogP contribution in [0.3, 0.4) is 0 Å². The standard InChI is InChI=1S/C9H16N2O2/c1-3-13-9(12)5-7-11-8(2)4-6-10/h8,11H,3-5,7H2,1-2H3. The second kappa shape index (κ2) is 7.56. The van der Waals surface area contributed by atoms with Gasteiger partial charge in [0.1, 0.15) is 0 Å². The fraction of sp³-hybridized carbons (Fsp3) is 0.778. The molecule has 74 valence electrons. The maximum atomic E-state index is 10.9. The second-order valence-electron chi connectivity index (χ2n) is 2.77. The van der Waals surface area contributed by atoms with Crippen LogP contribution >= 0.6 is 0 Å². The van der Waals surface area contributed by atoms with Crippen molar-refractivity contribution in [1.82, 2.24) is 5.32 Å². The van der Waals surface area contributed by atoms with Crippen molar-refractivity contribution in [3.05, 3.63) is 0 Å². The van der Waals surface area contributed by atoms with Gasteiger partial charge in [-0.3, -0.25) is 4.79 Å². The smallest absolute Gasteiger partial charge is 0.307 e.